The van der Waals surface area contributed by atoms with Crippen molar-refractivity contribution in [1.82, 2.24) is 14.8 Å². The normalized spacial score (nSPS) is 12.1. The van der Waals surface area contributed by atoms with Gasteiger partial charge in [-0.3, -0.25) is 4.79 Å². The van der Waals surface area contributed by atoms with Gasteiger partial charge in [0.05, 0.1) is 12.9 Å². The van der Waals surface area contributed by atoms with Crippen LogP contribution in [0.1, 0.15) is 58.0 Å². The molecule has 1 amide bonds. The number of amides is 1. The summed E-state index contributed by atoms with van der Waals surface area (Å²) in [7, 11) is 1.60. The Morgan fingerprint density at radius 3 is 2.41 bits per heavy atom. The molecule has 0 aliphatic carbocycles. The van der Waals surface area contributed by atoms with E-state index in [1.54, 1.807) is 13.2 Å². The monoisotopic (exact) mass is 482 g/mol. The molecule has 1 heterocycles. The number of benzene rings is 2. The Kier molecular flexibility index (Phi) is 8.98. The van der Waals surface area contributed by atoms with Gasteiger partial charge in [-0.15, -0.1) is 10.2 Å². The topological polar surface area (TPSA) is 78.3 Å². The van der Waals surface area contributed by atoms with Crippen molar-refractivity contribution >= 4 is 23.4 Å². The lowest BCUT2D eigenvalue weighted by atomic mass is 10.0. The standard InChI is InChI=1S/C26H34N4O3S/c1-17(2)15-30-25(19(5)33-22-12-10-20(11-13-22)18(3)4)28-29-26(30)34-16-24(31)27-21-8-7-9-23(14-21)32-6/h7-14,17-19H,15-16H2,1-6H3,(H,27,31). The van der Waals surface area contributed by atoms with Crippen LogP contribution in [-0.4, -0.2) is 33.5 Å². The van der Waals surface area contributed by atoms with Gasteiger partial charge in [0, 0.05) is 18.3 Å². The van der Waals surface area contributed by atoms with E-state index in [0.29, 0.717) is 28.4 Å². The summed E-state index contributed by atoms with van der Waals surface area (Å²) in [5.74, 6) is 3.20. The molecule has 1 atom stereocenters. The number of anilines is 1. The molecule has 0 bridgehead atoms. The Labute approximate surface area is 206 Å². The van der Waals surface area contributed by atoms with Crippen molar-refractivity contribution < 1.29 is 14.3 Å². The third-order valence-electron chi connectivity index (χ3n) is 5.20. The van der Waals surface area contributed by atoms with E-state index in [1.165, 1.54) is 17.3 Å². The minimum atomic E-state index is -0.281. The highest BCUT2D eigenvalue weighted by Gasteiger charge is 2.21. The van der Waals surface area contributed by atoms with E-state index in [4.69, 9.17) is 9.47 Å². The second kappa shape index (κ2) is 11.9. The number of nitrogens with zero attached hydrogens (tertiary/aromatic N) is 3. The summed E-state index contributed by atoms with van der Waals surface area (Å²) in [5.41, 5.74) is 1.97. The molecule has 0 saturated carbocycles. The van der Waals surface area contributed by atoms with Crippen molar-refractivity contribution in [1.29, 1.82) is 0 Å². The number of rotatable bonds is 11. The second-order valence-electron chi connectivity index (χ2n) is 8.90. The van der Waals surface area contributed by atoms with E-state index in [2.05, 4.69) is 59.9 Å². The van der Waals surface area contributed by atoms with Crippen LogP contribution in [0.25, 0.3) is 0 Å². The molecule has 0 radical (unpaired) electrons. The lowest BCUT2D eigenvalue weighted by Crippen LogP contribution is -2.17. The predicted octanol–water partition coefficient (Wildman–Crippen LogP) is 5.94. The number of carbonyl (C=O) groups is 1. The van der Waals surface area contributed by atoms with Crippen LogP contribution in [0.2, 0.25) is 0 Å². The first kappa shape index (κ1) is 25.6. The lowest BCUT2D eigenvalue weighted by Gasteiger charge is -2.18. The first-order chi connectivity index (χ1) is 16.3. The fraction of sp³-hybridized carbons (Fsp3) is 0.423. The summed E-state index contributed by atoms with van der Waals surface area (Å²) >= 11 is 1.37. The van der Waals surface area contributed by atoms with Gasteiger partial charge >= 0.3 is 0 Å². The Bertz CT molecular complexity index is 1080. The Hall–Kier alpha value is -3.00. The number of nitrogens with one attached hydrogen (secondary N) is 1. The molecule has 0 spiro atoms. The molecule has 1 N–H and O–H groups in total. The van der Waals surface area contributed by atoms with Gasteiger partial charge < -0.3 is 19.4 Å². The molecular weight excluding hydrogens is 448 g/mol. The van der Waals surface area contributed by atoms with Crippen LogP contribution < -0.4 is 14.8 Å². The maximum absolute atomic E-state index is 12.5. The fourth-order valence-corrected chi connectivity index (χ4v) is 4.22. The number of methoxy groups -OCH3 is 1. The maximum atomic E-state index is 12.5. The van der Waals surface area contributed by atoms with Gasteiger partial charge in [-0.1, -0.05) is 57.7 Å². The first-order valence-electron chi connectivity index (χ1n) is 11.5. The van der Waals surface area contributed by atoms with E-state index in [1.807, 2.05) is 37.3 Å². The van der Waals surface area contributed by atoms with Crippen LogP contribution >= 0.6 is 11.8 Å². The highest BCUT2D eigenvalue weighted by molar-refractivity contribution is 7.99. The average Bonchev–Trinajstić information content (AvgIpc) is 3.20. The molecule has 0 fully saturated rings. The quantitative estimate of drug-likeness (QED) is 0.341. The molecule has 182 valence electrons. The van der Waals surface area contributed by atoms with E-state index in [-0.39, 0.29) is 17.8 Å². The van der Waals surface area contributed by atoms with Crippen molar-refractivity contribution in [3.05, 3.63) is 59.9 Å². The van der Waals surface area contributed by atoms with Gasteiger partial charge in [0.15, 0.2) is 17.1 Å². The van der Waals surface area contributed by atoms with Crippen molar-refractivity contribution in [3.8, 4) is 11.5 Å². The van der Waals surface area contributed by atoms with Gasteiger partial charge in [0.2, 0.25) is 5.91 Å². The second-order valence-corrected chi connectivity index (χ2v) is 9.84. The number of hydrogen-bond acceptors (Lipinski definition) is 6. The third kappa shape index (κ3) is 7.00. The number of ether oxygens (including phenoxy) is 2. The predicted molar refractivity (Wildman–Crippen MR) is 137 cm³/mol. The van der Waals surface area contributed by atoms with Crippen molar-refractivity contribution in [2.24, 2.45) is 5.92 Å². The first-order valence-corrected chi connectivity index (χ1v) is 12.5. The van der Waals surface area contributed by atoms with Gasteiger partial charge in [-0.25, -0.2) is 0 Å². The van der Waals surface area contributed by atoms with Crippen LogP contribution in [0, 0.1) is 5.92 Å². The molecule has 1 unspecified atom stereocenters. The highest BCUT2D eigenvalue weighted by Crippen LogP contribution is 2.27. The fourth-order valence-electron chi connectivity index (χ4n) is 3.46. The number of hydrogen-bond donors (Lipinski definition) is 1. The van der Waals surface area contributed by atoms with Gasteiger partial charge in [-0.2, -0.15) is 0 Å². The van der Waals surface area contributed by atoms with Crippen LogP contribution in [0.3, 0.4) is 0 Å². The van der Waals surface area contributed by atoms with Crippen LogP contribution in [0.5, 0.6) is 11.5 Å². The molecule has 7 nitrogen and oxygen atoms in total. The zero-order chi connectivity index (χ0) is 24.7. The van der Waals surface area contributed by atoms with E-state index >= 15 is 0 Å². The van der Waals surface area contributed by atoms with E-state index < -0.39 is 0 Å². The van der Waals surface area contributed by atoms with Crippen LogP contribution in [0.15, 0.2) is 53.7 Å². The summed E-state index contributed by atoms with van der Waals surface area (Å²) < 4.78 is 13.4. The van der Waals surface area contributed by atoms with Crippen LogP contribution in [0.4, 0.5) is 5.69 Å². The summed E-state index contributed by atoms with van der Waals surface area (Å²) in [4.78, 5) is 12.5. The molecular formula is C26H34N4O3S. The van der Waals surface area contributed by atoms with Gasteiger partial charge in [0.25, 0.3) is 0 Å². The number of carbonyl (C=O) groups excluding carboxylic acids is 1. The van der Waals surface area contributed by atoms with Crippen LogP contribution in [-0.2, 0) is 11.3 Å². The average molecular weight is 483 g/mol. The molecule has 34 heavy (non-hydrogen) atoms. The summed E-state index contributed by atoms with van der Waals surface area (Å²) in [5, 5.41) is 12.4. The molecule has 3 aromatic rings. The Morgan fingerprint density at radius 2 is 1.76 bits per heavy atom. The van der Waals surface area contributed by atoms with Crippen molar-refractivity contribution in [3.63, 3.8) is 0 Å². The molecule has 8 heteroatoms. The maximum Gasteiger partial charge on any atom is 0.234 e. The number of aromatic nitrogens is 3. The van der Waals surface area contributed by atoms with E-state index in [9.17, 15) is 4.79 Å². The smallest absolute Gasteiger partial charge is 0.234 e. The van der Waals surface area contributed by atoms with Gasteiger partial charge in [-0.05, 0) is 48.6 Å². The lowest BCUT2D eigenvalue weighted by molar-refractivity contribution is -0.113. The molecule has 3 rings (SSSR count). The summed E-state index contributed by atoms with van der Waals surface area (Å²) in [6.07, 6.45) is -0.281. The Morgan fingerprint density at radius 1 is 1.03 bits per heavy atom. The highest BCUT2D eigenvalue weighted by atomic mass is 32.2. The SMILES string of the molecule is COc1cccc(NC(=O)CSc2nnc(C(C)Oc3ccc(C(C)C)cc3)n2CC(C)C)c1. The van der Waals surface area contributed by atoms with Crippen molar-refractivity contribution in [2.45, 2.75) is 58.3 Å². The minimum absolute atomic E-state index is 0.117. The van der Waals surface area contributed by atoms with Gasteiger partial charge in [0.1, 0.15) is 11.5 Å². The zero-order valence-electron chi connectivity index (χ0n) is 20.7. The Balaban J connectivity index is 1.68. The molecule has 0 saturated heterocycles. The zero-order valence-corrected chi connectivity index (χ0v) is 21.6. The minimum Gasteiger partial charge on any atom is -0.497 e. The molecule has 0 aliphatic rings. The van der Waals surface area contributed by atoms with Crippen molar-refractivity contribution in [2.75, 3.05) is 18.2 Å². The largest absolute Gasteiger partial charge is 0.497 e. The summed E-state index contributed by atoms with van der Waals surface area (Å²) in [6.45, 7) is 11.3. The van der Waals surface area contributed by atoms with E-state index in [0.717, 1.165) is 18.1 Å². The molecule has 1 aromatic heterocycles. The molecule has 0 aliphatic heterocycles. The summed E-state index contributed by atoms with van der Waals surface area (Å²) in [6, 6.07) is 15.5. The molecule has 2 aromatic carbocycles. The number of thioether (sulfide) groups is 1. The third-order valence-corrected chi connectivity index (χ3v) is 6.17.